The molecular weight excluding hydrogens is 328 g/mol. The topological polar surface area (TPSA) is 74.7 Å². The second kappa shape index (κ2) is 7.13. The van der Waals surface area contributed by atoms with Crippen LogP contribution in [0.25, 0.3) is 0 Å². The summed E-state index contributed by atoms with van der Waals surface area (Å²) >= 11 is 6.37. The third-order valence-corrected chi connectivity index (χ3v) is 4.36. The monoisotopic (exact) mass is 348 g/mol. The quantitative estimate of drug-likeness (QED) is 0.837. The molecule has 0 amide bonds. The number of aromatic nitrogens is 2. The summed E-state index contributed by atoms with van der Waals surface area (Å²) < 4.78 is 13.0. The maximum absolute atomic E-state index is 6.37. The molecule has 7 heteroatoms. The van der Waals surface area contributed by atoms with Gasteiger partial charge in [-0.25, -0.2) is 9.66 Å². The van der Waals surface area contributed by atoms with Gasteiger partial charge in [-0.05, 0) is 38.7 Å². The highest BCUT2D eigenvalue weighted by atomic mass is 35.5. The van der Waals surface area contributed by atoms with Gasteiger partial charge in [-0.15, -0.1) is 0 Å². The lowest BCUT2D eigenvalue weighted by molar-refractivity contribution is 0.201. The van der Waals surface area contributed by atoms with Gasteiger partial charge in [-0.3, -0.25) is 0 Å². The van der Waals surface area contributed by atoms with Crippen LogP contribution in [0.15, 0.2) is 23.4 Å². The number of anilines is 1. The first-order valence-corrected chi connectivity index (χ1v) is 8.34. The van der Waals surface area contributed by atoms with Crippen LogP contribution in [-0.4, -0.2) is 29.1 Å². The summed E-state index contributed by atoms with van der Waals surface area (Å²) in [6.45, 7) is 1.85. The summed E-state index contributed by atoms with van der Waals surface area (Å²) in [4.78, 5) is 4.10. The molecule has 1 aliphatic carbocycles. The molecule has 0 saturated heterocycles. The van der Waals surface area contributed by atoms with E-state index in [1.165, 1.54) is 17.5 Å². The number of hydrogen-bond acceptors (Lipinski definition) is 5. The lowest BCUT2D eigenvalue weighted by Gasteiger charge is -2.16. The molecule has 1 aromatic carbocycles. The minimum absolute atomic E-state index is 0.239. The van der Waals surface area contributed by atoms with Crippen LogP contribution in [0.3, 0.4) is 0 Å². The smallest absolute Gasteiger partial charge is 0.221 e. The Morgan fingerprint density at radius 2 is 2.08 bits per heavy atom. The predicted octanol–water partition coefficient (Wildman–Crippen LogP) is 3.64. The highest BCUT2D eigenvalue weighted by Crippen LogP contribution is 2.35. The van der Waals surface area contributed by atoms with E-state index in [2.05, 4.69) is 10.1 Å². The Kier molecular flexibility index (Phi) is 4.94. The summed E-state index contributed by atoms with van der Waals surface area (Å²) in [7, 11) is 1.61. The van der Waals surface area contributed by atoms with Crippen LogP contribution in [0.2, 0.25) is 5.02 Å². The van der Waals surface area contributed by atoms with Gasteiger partial charge in [-0.1, -0.05) is 11.6 Å². The molecule has 2 aromatic rings. The van der Waals surface area contributed by atoms with Crippen molar-refractivity contribution in [2.45, 2.75) is 38.7 Å². The molecule has 24 heavy (non-hydrogen) atoms. The zero-order chi connectivity index (χ0) is 17.1. The highest BCUT2D eigenvalue weighted by Gasteiger charge is 2.19. The molecule has 0 unspecified atom stereocenters. The molecule has 2 N–H and O–H groups in total. The average Bonchev–Trinajstić information content (AvgIpc) is 3.16. The van der Waals surface area contributed by atoms with Crippen LogP contribution in [0.4, 0.5) is 5.95 Å². The fraction of sp³-hybridized carbons (Fsp3) is 0.412. The van der Waals surface area contributed by atoms with E-state index in [4.69, 9.17) is 26.8 Å². The number of imidazole rings is 1. The van der Waals surface area contributed by atoms with Gasteiger partial charge < -0.3 is 15.2 Å². The van der Waals surface area contributed by atoms with Gasteiger partial charge in [0.2, 0.25) is 5.95 Å². The third-order valence-electron chi connectivity index (χ3n) is 4.03. The molecule has 0 atom stereocenters. The first kappa shape index (κ1) is 16.6. The summed E-state index contributed by atoms with van der Waals surface area (Å²) in [5, 5.41) is 4.83. The number of nitrogens with zero attached hydrogens (tertiary/aromatic N) is 3. The largest absolute Gasteiger partial charge is 0.493 e. The van der Waals surface area contributed by atoms with Crippen molar-refractivity contribution in [2.24, 2.45) is 5.10 Å². The number of nitrogens with two attached hydrogens (primary N) is 1. The number of ether oxygens (including phenoxy) is 2. The second-order valence-electron chi connectivity index (χ2n) is 5.88. The molecule has 1 fully saturated rings. The fourth-order valence-corrected chi connectivity index (χ4v) is 3.01. The second-order valence-corrected chi connectivity index (χ2v) is 6.29. The minimum atomic E-state index is 0.239. The van der Waals surface area contributed by atoms with Crippen LogP contribution >= 0.6 is 11.6 Å². The minimum Gasteiger partial charge on any atom is -0.493 e. The Labute approximate surface area is 146 Å². The van der Waals surface area contributed by atoms with Gasteiger partial charge >= 0.3 is 0 Å². The number of rotatable bonds is 5. The molecule has 0 bridgehead atoms. The number of methoxy groups -OCH3 is 1. The van der Waals surface area contributed by atoms with Gasteiger partial charge in [0.1, 0.15) is 0 Å². The van der Waals surface area contributed by atoms with Crippen molar-refractivity contribution in [2.75, 3.05) is 12.8 Å². The fourth-order valence-electron chi connectivity index (χ4n) is 2.81. The molecule has 0 radical (unpaired) electrons. The molecule has 1 aromatic heterocycles. The van der Waals surface area contributed by atoms with E-state index in [0.29, 0.717) is 22.5 Å². The lowest BCUT2D eigenvalue weighted by Crippen LogP contribution is -2.11. The molecule has 1 heterocycles. The zero-order valence-electron chi connectivity index (χ0n) is 13.8. The van der Waals surface area contributed by atoms with Gasteiger partial charge in [0, 0.05) is 11.6 Å². The molecule has 0 spiro atoms. The number of aryl methyl sites for hydroxylation is 1. The van der Waals surface area contributed by atoms with Crippen LogP contribution in [0.1, 0.15) is 36.9 Å². The Hall–Kier alpha value is -2.21. The van der Waals surface area contributed by atoms with Crippen molar-refractivity contribution < 1.29 is 9.47 Å². The van der Waals surface area contributed by atoms with E-state index in [1.54, 1.807) is 25.6 Å². The van der Waals surface area contributed by atoms with Crippen LogP contribution < -0.4 is 15.2 Å². The van der Waals surface area contributed by atoms with Crippen molar-refractivity contribution in [1.82, 2.24) is 9.66 Å². The van der Waals surface area contributed by atoms with E-state index in [1.807, 2.05) is 13.0 Å². The van der Waals surface area contributed by atoms with Crippen molar-refractivity contribution >= 4 is 23.8 Å². The standard InChI is InChI=1S/C17H21ClN4O2/c1-11-10-22(17(19)21-11)20-9-12-7-15(23-2)16(8-14(12)18)24-13-5-3-4-6-13/h7-10,13H,3-6H2,1-2H3,(H2,19,21). The van der Waals surface area contributed by atoms with E-state index in [9.17, 15) is 0 Å². The van der Waals surface area contributed by atoms with Gasteiger partial charge in [-0.2, -0.15) is 5.10 Å². The lowest BCUT2D eigenvalue weighted by atomic mass is 10.2. The summed E-state index contributed by atoms with van der Waals surface area (Å²) in [6.07, 6.45) is 8.17. The van der Waals surface area contributed by atoms with Crippen LogP contribution in [0, 0.1) is 6.92 Å². The molecule has 1 saturated carbocycles. The van der Waals surface area contributed by atoms with Crippen molar-refractivity contribution in [3.63, 3.8) is 0 Å². The normalized spacial score (nSPS) is 15.3. The van der Waals surface area contributed by atoms with E-state index >= 15 is 0 Å². The first-order chi connectivity index (χ1) is 11.6. The Morgan fingerprint density at radius 1 is 1.33 bits per heavy atom. The molecule has 3 rings (SSSR count). The van der Waals surface area contributed by atoms with Crippen molar-refractivity contribution in [3.05, 3.63) is 34.6 Å². The molecule has 128 valence electrons. The van der Waals surface area contributed by atoms with Gasteiger partial charge in [0.15, 0.2) is 11.5 Å². The van der Waals surface area contributed by atoms with Gasteiger partial charge in [0.25, 0.3) is 0 Å². The number of benzene rings is 1. The molecular formula is C17H21ClN4O2. The van der Waals surface area contributed by atoms with E-state index in [0.717, 1.165) is 24.1 Å². The van der Waals surface area contributed by atoms with E-state index < -0.39 is 0 Å². The molecule has 6 nitrogen and oxygen atoms in total. The Bertz CT molecular complexity index is 751. The van der Waals surface area contributed by atoms with Crippen molar-refractivity contribution in [3.8, 4) is 11.5 Å². The number of hydrogen-bond donors (Lipinski definition) is 1. The zero-order valence-corrected chi connectivity index (χ0v) is 14.6. The Morgan fingerprint density at radius 3 is 2.71 bits per heavy atom. The maximum atomic E-state index is 6.37. The first-order valence-electron chi connectivity index (χ1n) is 7.97. The summed E-state index contributed by atoms with van der Waals surface area (Å²) in [5.74, 6) is 1.64. The SMILES string of the molecule is COc1cc(C=Nn2cc(C)nc2N)c(Cl)cc1OC1CCCC1. The average molecular weight is 349 g/mol. The van der Waals surface area contributed by atoms with Crippen LogP contribution in [0.5, 0.6) is 11.5 Å². The van der Waals surface area contributed by atoms with Gasteiger partial charge in [0.05, 0.1) is 36.3 Å². The van der Waals surface area contributed by atoms with E-state index in [-0.39, 0.29) is 6.10 Å². The molecule has 0 aliphatic heterocycles. The number of halogens is 1. The summed E-state index contributed by atoms with van der Waals surface area (Å²) in [6, 6.07) is 3.60. The highest BCUT2D eigenvalue weighted by molar-refractivity contribution is 6.33. The maximum Gasteiger partial charge on any atom is 0.221 e. The number of nitrogen functional groups attached to an aromatic ring is 1. The molecule has 1 aliphatic rings. The summed E-state index contributed by atoms with van der Waals surface area (Å²) in [5.41, 5.74) is 7.30. The predicted molar refractivity (Wildman–Crippen MR) is 95.3 cm³/mol. The van der Waals surface area contributed by atoms with Crippen LogP contribution in [-0.2, 0) is 0 Å². The van der Waals surface area contributed by atoms with Crippen molar-refractivity contribution in [1.29, 1.82) is 0 Å². The third kappa shape index (κ3) is 3.64. The Balaban J connectivity index is 1.84.